The first-order valence-electron chi connectivity index (χ1n) is 11.9. The highest BCUT2D eigenvalue weighted by Gasteiger charge is 2.20. The number of carbonyl (C=O) groups is 1. The number of benzene rings is 2. The lowest BCUT2D eigenvalue weighted by atomic mass is 9.99. The zero-order valence-corrected chi connectivity index (χ0v) is 21.4. The first-order valence-corrected chi connectivity index (χ1v) is 11.9. The van der Waals surface area contributed by atoms with E-state index in [1.54, 1.807) is 32.4 Å². The highest BCUT2D eigenvalue weighted by atomic mass is 19.1. The van der Waals surface area contributed by atoms with E-state index in [1.807, 2.05) is 32.0 Å². The molecule has 0 saturated carbocycles. The molecule has 0 aliphatic heterocycles. The molecule has 5 rings (SSSR count). The summed E-state index contributed by atoms with van der Waals surface area (Å²) in [4.78, 5) is 34.1. The van der Waals surface area contributed by atoms with Crippen molar-refractivity contribution in [1.82, 2.24) is 29.3 Å². The second kappa shape index (κ2) is 9.92. The fourth-order valence-electron chi connectivity index (χ4n) is 4.55. The van der Waals surface area contributed by atoms with Crippen molar-refractivity contribution in [2.75, 3.05) is 5.32 Å². The second-order valence-corrected chi connectivity index (χ2v) is 9.23. The minimum Gasteiger partial charge on any atom is -0.482 e. The first-order chi connectivity index (χ1) is 18.2. The van der Waals surface area contributed by atoms with Gasteiger partial charge in [-0.2, -0.15) is 5.10 Å². The summed E-state index contributed by atoms with van der Waals surface area (Å²) in [6.45, 7) is 5.38. The number of aromatic nitrogens is 6. The summed E-state index contributed by atoms with van der Waals surface area (Å²) < 4.78 is 23.8. The number of H-pyrrole nitrogens is 1. The van der Waals surface area contributed by atoms with Crippen LogP contribution >= 0.6 is 0 Å². The zero-order valence-electron chi connectivity index (χ0n) is 21.4. The van der Waals surface area contributed by atoms with E-state index < -0.39 is 5.82 Å². The maximum absolute atomic E-state index is 15.2. The number of rotatable bonds is 7. The minimum atomic E-state index is -0.537. The molecule has 0 radical (unpaired) electrons. The van der Waals surface area contributed by atoms with Gasteiger partial charge in [-0.15, -0.1) is 0 Å². The number of nitrogens with one attached hydrogen (secondary N) is 2. The van der Waals surface area contributed by atoms with Gasteiger partial charge in [0.05, 0.1) is 22.9 Å². The topological polar surface area (TPSA) is 120 Å². The van der Waals surface area contributed by atoms with Gasteiger partial charge < -0.3 is 10.1 Å². The Balaban J connectivity index is 1.51. The van der Waals surface area contributed by atoms with Gasteiger partial charge in [0.25, 0.3) is 0 Å². The summed E-state index contributed by atoms with van der Waals surface area (Å²) in [5.41, 5.74) is 4.99. The summed E-state index contributed by atoms with van der Waals surface area (Å²) in [5.74, 6) is -0.301. The minimum absolute atomic E-state index is 0.0455. The molecule has 2 N–H and O–H groups in total. The number of carbonyl (C=O) groups excluding carboxylic acids is 1. The largest absolute Gasteiger partial charge is 0.482 e. The number of imidazole rings is 1. The van der Waals surface area contributed by atoms with Gasteiger partial charge in [-0.1, -0.05) is 0 Å². The Hall–Kier alpha value is -4.80. The van der Waals surface area contributed by atoms with E-state index >= 15 is 4.39 Å². The SMILES string of the molecule is Cc1cncc(NC(=O)Cn2c(=O)n(C)c3c(-c4cc(C)c(OCc5ncn[nH]5)c(F)c4)cc(C)cc32)c1. The molecule has 0 bridgehead atoms. The van der Waals surface area contributed by atoms with Crippen LogP contribution in [0.2, 0.25) is 0 Å². The van der Waals surface area contributed by atoms with Gasteiger partial charge in [0, 0.05) is 18.8 Å². The molecule has 11 heteroatoms. The normalized spacial score (nSPS) is 11.2. The van der Waals surface area contributed by atoms with Crippen LogP contribution in [-0.2, 0) is 25.0 Å². The van der Waals surface area contributed by atoms with Crippen molar-refractivity contribution in [3.8, 4) is 16.9 Å². The third kappa shape index (κ3) is 4.77. The van der Waals surface area contributed by atoms with Crippen LogP contribution in [0.3, 0.4) is 0 Å². The van der Waals surface area contributed by atoms with Gasteiger partial charge in [-0.25, -0.2) is 14.2 Å². The second-order valence-electron chi connectivity index (χ2n) is 9.23. The quantitative estimate of drug-likeness (QED) is 0.340. The molecule has 38 heavy (non-hydrogen) atoms. The van der Waals surface area contributed by atoms with Crippen molar-refractivity contribution in [2.45, 2.75) is 33.9 Å². The number of hydrogen-bond acceptors (Lipinski definition) is 6. The van der Waals surface area contributed by atoms with Gasteiger partial charge in [0.2, 0.25) is 5.91 Å². The van der Waals surface area contributed by atoms with Crippen molar-refractivity contribution in [3.63, 3.8) is 0 Å². The Morgan fingerprint density at radius 1 is 1.11 bits per heavy atom. The van der Waals surface area contributed by atoms with E-state index in [0.717, 1.165) is 11.1 Å². The van der Waals surface area contributed by atoms with Gasteiger partial charge in [-0.05, 0) is 73.4 Å². The summed E-state index contributed by atoms with van der Waals surface area (Å²) in [6, 6.07) is 8.74. The van der Waals surface area contributed by atoms with E-state index in [9.17, 15) is 9.59 Å². The van der Waals surface area contributed by atoms with Crippen molar-refractivity contribution >= 4 is 22.6 Å². The maximum atomic E-state index is 15.2. The number of aromatic amines is 1. The van der Waals surface area contributed by atoms with Crippen LogP contribution in [0.15, 0.2) is 53.8 Å². The van der Waals surface area contributed by atoms with Crippen molar-refractivity contribution in [2.24, 2.45) is 7.05 Å². The molecule has 0 unspecified atom stereocenters. The summed E-state index contributed by atoms with van der Waals surface area (Å²) >= 11 is 0. The number of anilines is 1. The molecule has 3 aromatic heterocycles. The molecular weight excluding hydrogens is 489 g/mol. The monoisotopic (exact) mass is 515 g/mol. The Morgan fingerprint density at radius 2 is 1.92 bits per heavy atom. The smallest absolute Gasteiger partial charge is 0.329 e. The molecule has 2 aromatic carbocycles. The van der Waals surface area contributed by atoms with Crippen LogP contribution < -0.4 is 15.7 Å². The molecule has 3 heterocycles. The van der Waals surface area contributed by atoms with Crippen LogP contribution in [0.25, 0.3) is 22.2 Å². The molecular formula is C27H26FN7O3. The summed E-state index contributed by atoms with van der Waals surface area (Å²) in [5, 5.41) is 9.23. The van der Waals surface area contributed by atoms with Crippen molar-refractivity contribution in [1.29, 1.82) is 0 Å². The standard InChI is InChI=1S/C27H26FN7O3/c1-15-6-20(18-8-17(3)26(21(28)9-18)38-13-23-30-14-31-33-23)25-22(7-15)35(27(37)34(25)4)12-24(36)32-19-5-16(2)10-29-11-19/h5-11,14H,12-13H2,1-4H3,(H,32,36)(H,30,31,33). The predicted molar refractivity (Wildman–Crippen MR) is 140 cm³/mol. The third-order valence-corrected chi connectivity index (χ3v) is 6.20. The number of amides is 1. The van der Waals surface area contributed by atoms with Crippen LogP contribution in [0, 0.1) is 26.6 Å². The van der Waals surface area contributed by atoms with E-state index in [2.05, 4.69) is 25.5 Å². The Labute approximate surface area is 217 Å². The maximum Gasteiger partial charge on any atom is 0.329 e. The lowest BCUT2D eigenvalue weighted by Crippen LogP contribution is -2.28. The van der Waals surface area contributed by atoms with Gasteiger partial charge >= 0.3 is 5.69 Å². The fourth-order valence-corrected chi connectivity index (χ4v) is 4.55. The average molecular weight is 516 g/mol. The van der Waals surface area contributed by atoms with Crippen LogP contribution in [0.5, 0.6) is 5.75 Å². The summed E-state index contributed by atoms with van der Waals surface area (Å²) in [7, 11) is 1.64. The number of hydrogen-bond donors (Lipinski definition) is 2. The van der Waals surface area contributed by atoms with E-state index in [0.29, 0.717) is 39.2 Å². The van der Waals surface area contributed by atoms with Crippen molar-refractivity contribution in [3.05, 3.63) is 87.9 Å². The number of aryl methyl sites for hydroxylation is 4. The molecule has 0 aliphatic carbocycles. The fraction of sp³-hybridized carbons (Fsp3) is 0.222. The van der Waals surface area contributed by atoms with Crippen LogP contribution in [0.1, 0.15) is 22.5 Å². The van der Waals surface area contributed by atoms with Gasteiger partial charge in [0.1, 0.15) is 19.5 Å². The average Bonchev–Trinajstić information content (AvgIpc) is 3.46. The summed E-state index contributed by atoms with van der Waals surface area (Å²) in [6.07, 6.45) is 4.59. The molecule has 10 nitrogen and oxygen atoms in total. The van der Waals surface area contributed by atoms with E-state index in [1.165, 1.54) is 21.5 Å². The Bertz CT molecular complexity index is 1700. The van der Waals surface area contributed by atoms with E-state index in [-0.39, 0.29) is 30.5 Å². The molecule has 0 saturated heterocycles. The van der Waals surface area contributed by atoms with Gasteiger partial charge in [0.15, 0.2) is 17.4 Å². The third-order valence-electron chi connectivity index (χ3n) is 6.20. The molecule has 0 atom stereocenters. The molecule has 0 spiro atoms. The molecule has 5 aromatic rings. The number of nitrogens with zero attached hydrogens (tertiary/aromatic N) is 5. The number of halogens is 1. The number of pyridine rings is 1. The molecule has 0 fully saturated rings. The highest BCUT2D eigenvalue weighted by Crippen LogP contribution is 2.34. The van der Waals surface area contributed by atoms with Crippen molar-refractivity contribution < 1.29 is 13.9 Å². The molecule has 194 valence electrons. The van der Waals surface area contributed by atoms with Crippen LogP contribution in [0.4, 0.5) is 10.1 Å². The van der Waals surface area contributed by atoms with Gasteiger partial charge in [-0.3, -0.25) is 24.0 Å². The number of ether oxygens (including phenoxy) is 1. The Kier molecular flexibility index (Phi) is 6.50. The lowest BCUT2D eigenvalue weighted by Gasteiger charge is -2.13. The predicted octanol–water partition coefficient (Wildman–Crippen LogP) is 3.80. The number of fused-ring (bicyclic) bond motifs is 1. The van der Waals surface area contributed by atoms with E-state index in [4.69, 9.17) is 4.74 Å². The molecule has 0 aliphatic rings. The zero-order chi connectivity index (χ0) is 27.0. The van der Waals surface area contributed by atoms with Crippen LogP contribution in [-0.4, -0.2) is 35.2 Å². The highest BCUT2D eigenvalue weighted by molar-refractivity contribution is 5.96. The first kappa shape index (κ1) is 24.9. The lowest BCUT2D eigenvalue weighted by molar-refractivity contribution is -0.116. The Morgan fingerprint density at radius 3 is 2.63 bits per heavy atom. The molecule has 1 amide bonds.